The van der Waals surface area contributed by atoms with E-state index in [1.165, 1.54) is 31.9 Å². The van der Waals surface area contributed by atoms with Crippen molar-refractivity contribution in [3.63, 3.8) is 0 Å². The van der Waals surface area contributed by atoms with Crippen LogP contribution in [0.2, 0.25) is 0 Å². The Morgan fingerprint density at radius 1 is 1.59 bits per heavy atom. The highest BCUT2D eigenvalue weighted by Crippen LogP contribution is 2.28. The summed E-state index contributed by atoms with van der Waals surface area (Å²) in [5.41, 5.74) is 0.242. The fraction of sp³-hybridized carbons (Fsp3) is 0.615. The molecule has 4 heteroatoms. The van der Waals surface area contributed by atoms with Gasteiger partial charge in [-0.15, -0.1) is 0 Å². The standard InChI is InChI=1S/C13H19NO3/c1-2-3-6-14(11-4-5-11)8-12-7-10(9-17-12)13(15)16/h7,9,11H,2-6,8H2,1H3,(H,15,16). The zero-order valence-corrected chi connectivity index (χ0v) is 10.2. The minimum absolute atomic E-state index is 0.242. The molecule has 17 heavy (non-hydrogen) atoms. The average Bonchev–Trinajstić information content (AvgIpc) is 3.04. The number of unbranched alkanes of at least 4 members (excludes halogenated alkanes) is 1. The maximum atomic E-state index is 10.7. The van der Waals surface area contributed by atoms with E-state index < -0.39 is 5.97 Å². The Morgan fingerprint density at radius 3 is 2.88 bits per heavy atom. The maximum absolute atomic E-state index is 10.7. The van der Waals surface area contributed by atoms with Gasteiger partial charge in [-0.1, -0.05) is 13.3 Å². The zero-order chi connectivity index (χ0) is 12.3. The average molecular weight is 237 g/mol. The van der Waals surface area contributed by atoms with Gasteiger partial charge in [0, 0.05) is 6.04 Å². The van der Waals surface area contributed by atoms with Crippen LogP contribution in [0.3, 0.4) is 0 Å². The first-order valence-electron chi connectivity index (χ1n) is 6.25. The number of carboxylic acids is 1. The molecule has 1 aliphatic rings. The Hall–Kier alpha value is -1.29. The number of rotatable bonds is 7. The Labute approximate surface area is 101 Å². The minimum Gasteiger partial charge on any atom is -0.478 e. The number of nitrogens with zero attached hydrogens (tertiary/aromatic N) is 1. The molecule has 1 N–H and O–H groups in total. The van der Waals surface area contributed by atoms with Crippen molar-refractivity contribution in [1.29, 1.82) is 0 Å². The second-order valence-corrected chi connectivity index (χ2v) is 4.66. The number of aromatic carboxylic acids is 1. The largest absolute Gasteiger partial charge is 0.478 e. The zero-order valence-electron chi connectivity index (χ0n) is 10.2. The van der Waals surface area contributed by atoms with Crippen LogP contribution >= 0.6 is 0 Å². The summed E-state index contributed by atoms with van der Waals surface area (Å²) < 4.78 is 5.29. The lowest BCUT2D eigenvalue weighted by Crippen LogP contribution is -2.26. The number of hydrogen-bond donors (Lipinski definition) is 1. The Balaban J connectivity index is 1.93. The van der Waals surface area contributed by atoms with Crippen LogP contribution in [-0.2, 0) is 6.54 Å². The van der Waals surface area contributed by atoms with Gasteiger partial charge < -0.3 is 9.52 Å². The van der Waals surface area contributed by atoms with Crippen molar-refractivity contribution in [2.24, 2.45) is 0 Å². The summed E-state index contributed by atoms with van der Waals surface area (Å²) in [6, 6.07) is 2.31. The molecule has 2 rings (SSSR count). The van der Waals surface area contributed by atoms with Crippen molar-refractivity contribution in [3.8, 4) is 0 Å². The first kappa shape index (κ1) is 12.2. The second kappa shape index (κ2) is 5.36. The molecule has 4 nitrogen and oxygen atoms in total. The smallest absolute Gasteiger partial charge is 0.338 e. The van der Waals surface area contributed by atoms with E-state index in [-0.39, 0.29) is 5.56 Å². The number of carboxylic acid groups (broad SMARTS) is 1. The first-order valence-corrected chi connectivity index (χ1v) is 6.25. The van der Waals surface area contributed by atoms with Crippen molar-refractivity contribution < 1.29 is 14.3 Å². The highest BCUT2D eigenvalue weighted by Gasteiger charge is 2.29. The van der Waals surface area contributed by atoms with Crippen LogP contribution in [0.15, 0.2) is 16.7 Å². The van der Waals surface area contributed by atoms with Crippen LogP contribution in [0.4, 0.5) is 0 Å². The van der Waals surface area contributed by atoms with Gasteiger partial charge >= 0.3 is 5.97 Å². The molecule has 94 valence electrons. The van der Waals surface area contributed by atoms with E-state index >= 15 is 0 Å². The topological polar surface area (TPSA) is 53.7 Å². The Morgan fingerprint density at radius 2 is 2.35 bits per heavy atom. The summed E-state index contributed by atoms with van der Waals surface area (Å²) >= 11 is 0. The van der Waals surface area contributed by atoms with Crippen LogP contribution in [0, 0.1) is 0 Å². The molecular formula is C13H19NO3. The third-order valence-corrected chi connectivity index (χ3v) is 3.12. The molecule has 0 unspecified atom stereocenters. The van der Waals surface area contributed by atoms with Crippen molar-refractivity contribution in [2.75, 3.05) is 6.54 Å². The summed E-state index contributed by atoms with van der Waals surface area (Å²) in [5.74, 6) is -0.170. The molecule has 0 spiro atoms. The summed E-state index contributed by atoms with van der Waals surface area (Å²) in [6.07, 6.45) is 6.21. The molecule has 0 saturated heterocycles. The number of hydrogen-bond acceptors (Lipinski definition) is 3. The number of carbonyl (C=O) groups is 1. The van der Waals surface area contributed by atoms with Gasteiger partial charge in [-0.3, -0.25) is 4.90 Å². The predicted octanol–water partition coefficient (Wildman–Crippen LogP) is 2.74. The molecule has 1 saturated carbocycles. The van der Waals surface area contributed by atoms with Crippen LogP contribution in [0.1, 0.15) is 48.7 Å². The van der Waals surface area contributed by atoms with Gasteiger partial charge in [0.2, 0.25) is 0 Å². The summed E-state index contributed by atoms with van der Waals surface area (Å²) in [6.45, 7) is 3.99. The maximum Gasteiger partial charge on any atom is 0.338 e. The fourth-order valence-corrected chi connectivity index (χ4v) is 1.97. The highest BCUT2D eigenvalue weighted by atomic mass is 16.4. The number of furan rings is 1. The van der Waals surface area contributed by atoms with Crippen LogP contribution < -0.4 is 0 Å². The van der Waals surface area contributed by atoms with Crippen LogP contribution in [0.5, 0.6) is 0 Å². The van der Waals surface area contributed by atoms with E-state index in [0.29, 0.717) is 6.04 Å². The summed E-state index contributed by atoms with van der Waals surface area (Å²) in [4.78, 5) is 13.1. The summed E-state index contributed by atoms with van der Waals surface area (Å²) in [7, 11) is 0. The third-order valence-electron chi connectivity index (χ3n) is 3.12. The van der Waals surface area contributed by atoms with Crippen molar-refractivity contribution in [1.82, 2.24) is 4.90 Å². The van der Waals surface area contributed by atoms with Crippen LogP contribution in [0.25, 0.3) is 0 Å². The molecule has 0 bridgehead atoms. The van der Waals surface area contributed by atoms with Crippen LogP contribution in [-0.4, -0.2) is 28.6 Å². The molecule has 1 aliphatic carbocycles. The van der Waals surface area contributed by atoms with Gasteiger partial charge in [0.15, 0.2) is 0 Å². The van der Waals surface area contributed by atoms with E-state index in [1.54, 1.807) is 6.07 Å². The molecule has 1 aromatic rings. The van der Waals surface area contributed by atoms with E-state index in [1.807, 2.05) is 0 Å². The van der Waals surface area contributed by atoms with E-state index in [0.717, 1.165) is 18.8 Å². The van der Waals surface area contributed by atoms with Gasteiger partial charge in [0.1, 0.15) is 12.0 Å². The molecule has 0 amide bonds. The lowest BCUT2D eigenvalue weighted by atomic mass is 10.2. The van der Waals surface area contributed by atoms with Gasteiger partial charge in [0.25, 0.3) is 0 Å². The molecule has 0 aliphatic heterocycles. The molecule has 1 fully saturated rings. The van der Waals surface area contributed by atoms with Gasteiger partial charge in [0.05, 0.1) is 12.1 Å². The van der Waals surface area contributed by atoms with E-state index in [9.17, 15) is 4.79 Å². The molecule has 1 heterocycles. The predicted molar refractivity (Wildman–Crippen MR) is 64.0 cm³/mol. The monoisotopic (exact) mass is 237 g/mol. The van der Waals surface area contributed by atoms with Gasteiger partial charge in [-0.05, 0) is 31.9 Å². The minimum atomic E-state index is -0.925. The second-order valence-electron chi connectivity index (χ2n) is 4.66. The molecule has 1 aromatic heterocycles. The third kappa shape index (κ3) is 3.33. The molecular weight excluding hydrogens is 218 g/mol. The summed E-state index contributed by atoms with van der Waals surface area (Å²) in [5, 5.41) is 8.82. The highest BCUT2D eigenvalue weighted by molar-refractivity contribution is 5.87. The lowest BCUT2D eigenvalue weighted by molar-refractivity contribution is 0.0696. The first-order chi connectivity index (χ1) is 8.20. The van der Waals surface area contributed by atoms with Crippen molar-refractivity contribution >= 4 is 5.97 Å². The molecule has 0 aromatic carbocycles. The normalized spacial score (nSPS) is 15.4. The quantitative estimate of drug-likeness (QED) is 0.792. The van der Waals surface area contributed by atoms with Gasteiger partial charge in [-0.25, -0.2) is 4.79 Å². The van der Waals surface area contributed by atoms with Crippen molar-refractivity contribution in [3.05, 3.63) is 23.7 Å². The Kier molecular flexibility index (Phi) is 3.84. The van der Waals surface area contributed by atoms with E-state index in [2.05, 4.69) is 11.8 Å². The molecule has 0 atom stereocenters. The molecule has 0 radical (unpaired) electrons. The fourth-order valence-electron chi connectivity index (χ4n) is 1.97. The lowest BCUT2D eigenvalue weighted by Gasteiger charge is -2.20. The Bertz CT molecular complexity index is 382. The van der Waals surface area contributed by atoms with Gasteiger partial charge in [-0.2, -0.15) is 0 Å². The van der Waals surface area contributed by atoms with Crippen molar-refractivity contribution in [2.45, 2.75) is 45.2 Å². The SMILES string of the molecule is CCCCN(Cc1cc(C(=O)O)co1)C1CC1. The van der Waals surface area contributed by atoms with E-state index in [4.69, 9.17) is 9.52 Å².